The van der Waals surface area contributed by atoms with Gasteiger partial charge in [0.05, 0.1) is 0 Å². The van der Waals surface area contributed by atoms with Crippen LogP contribution in [0.2, 0.25) is 0 Å². The van der Waals surface area contributed by atoms with Crippen LogP contribution in [0.15, 0.2) is 16.8 Å². The van der Waals surface area contributed by atoms with Crippen molar-refractivity contribution in [3.63, 3.8) is 0 Å². The average molecular weight is 282 g/mol. The van der Waals surface area contributed by atoms with Gasteiger partial charge in [-0.05, 0) is 28.8 Å². The molecule has 1 rings (SSSR count). The highest BCUT2D eigenvalue weighted by atomic mass is 32.1. The highest BCUT2D eigenvalue weighted by Crippen LogP contribution is 2.20. The van der Waals surface area contributed by atoms with E-state index in [1.807, 2.05) is 0 Å². The van der Waals surface area contributed by atoms with Crippen LogP contribution in [0.1, 0.15) is 89.2 Å². The molecule has 0 fully saturated rings. The molecule has 2 heteroatoms. The van der Waals surface area contributed by atoms with Crippen molar-refractivity contribution < 1.29 is 0 Å². The maximum atomic E-state index is 6.16. The lowest BCUT2D eigenvalue weighted by atomic mass is 10.0. The number of hydrogen-bond donors (Lipinski definition) is 1. The lowest BCUT2D eigenvalue weighted by Gasteiger charge is -2.09. The molecular weight excluding hydrogens is 250 g/mol. The van der Waals surface area contributed by atoms with Gasteiger partial charge in [0, 0.05) is 6.04 Å². The molecule has 19 heavy (non-hydrogen) atoms. The van der Waals surface area contributed by atoms with Gasteiger partial charge in [-0.3, -0.25) is 0 Å². The Hall–Kier alpha value is -0.340. The van der Waals surface area contributed by atoms with Gasteiger partial charge in [0.25, 0.3) is 0 Å². The summed E-state index contributed by atoms with van der Waals surface area (Å²) < 4.78 is 0. The predicted molar refractivity (Wildman–Crippen MR) is 87.7 cm³/mol. The van der Waals surface area contributed by atoms with E-state index in [9.17, 15) is 0 Å². The molecule has 0 spiro atoms. The Bertz CT molecular complexity index is 281. The van der Waals surface area contributed by atoms with Gasteiger partial charge in [-0.25, -0.2) is 0 Å². The summed E-state index contributed by atoms with van der Waals surface area (Å²) in [4.78, 5) is 0. The van der Waals surface area contributed by atoms with E-state index in [1.165, 1.54) is 69.8 Å². The summed E-state index contributed by atoms with van der Waals surface area (Å²) in [5.41, 5.74) is 7.48. The van der Waals surface area contributed by atoms with E-state index in [4.69, 9.17) is 5.73 Å². The second-order valence-electron chi connectivity index (χ2n) is 5.63. The third kappa shape index (κ3) is 8.43. The van der Waals surface area contributed by atoms with Crippen molar-refractivity contribution in [2.45, 2.75) is 83.6 Å². The van der Waals surface area contributed by atoms with Crippen molar-refractivity contribution in [1.82, 2.24) is 0 Å². The van der Waals surface area contributed by atoms with Crippen LogP contribution in [0.3, 0.4) is 0 Å². The highest BCUT2D eigenvalue weighted by molar-refractivity contribution is 7.07. The first kappa shape index (κ1) is 16.7. The monoisotopic (exact) mass is 281 g/mol. The standard InChI is InChI=1S/C17H31NS/c1-2-3-4-5-6-7-8-9-10-11-12-17(18)16-13-14-19-15-16/h13-15,17H,2-12,18H2,1H3. The van der Waals surface area contributed by atoms with Crippen LogP contribution in [0.5, 0.6) is 0 Å². The number of nitrogens with two attached hydrogens (primary N) is 1. The van der Waals surface area contributed by atoms with Crippen LogP contribution in [0.4, 0.5) is 0 Å². The predicted octanol–water partition coefficient (Wildman–Crippen LogP) is 6.06. The number of rotatable bonds is 12. The Balaban J connectivity index is 1.83. The Morgan fingerprint density at radius 3 is 2.05 bits per heavy atom. The fourth-order valence-corrected chi connectivity index (χ4v) is 3.23. The van der Waals surface area contributed by atoms with E-state index < -0.39 is 0 Å². The Labute approximate surface area is 123 Å². The lowest BCUT2D eigenvalue weighted by Crippen LogP contribution is -2.08. The molecule has 0 bridgehead atoms. The van der Waals surface area contributed by atoms with Crippen LogP contribution in [0, 0.1) is 0 Å². The molecule has 1 nitrogen and oxygen atoms in total. The van der Waals surface area contributed by atoms with Gasteiger partial charge < -0.3 is 5.73 Å². The van der Waals surface area contributed by atoms with Crippen molar-refractivity contribution in [2.24, 2.45) is 5.73 Å². The molecule has 1 heterocycles. The first-order chi connectivity index (χ1) is 9.34. The molecule has 110 valence electrons. The normalized spacial score (nSPS) is 12.7. The summed E-state index contributed by atoms with van der Waals surface area (Å²) in [5.74, 6) is 0. The van der Waals surface area contributed by atoms with E-state index in [2.05, 4.69) is 23.8 Å². The fraction of sp³-hybridized carbons (Fsp3) is 0.765. The summed E-state index contributed by atoms with van der Waals surface area (Å²) in [6, 6.07) is 2.42. The minimum Gasteiger partial charge on any atom is -0.324 e. The van der Waals surface area contributed by atoms with Crippen molar-refractivity contribution in [3.05, 3.63) is 22.4 Å². The van der Waals surface area contributed by atoms with Gasteiger partial charge in [-0.1, -0.05) is 71.1 Å². The molecular formula is C17H31NS. The van der Waals surface area contributed by atoms with Crippen LogP contribution >= 0.6 is 11.3 Å². The third-order valence-corrected chi connectivity index (χ3v) is 4.54. The number of hydrogen-bond acceptors (Lipinski definition) is 2. The summed E-state index contributed by atoms with van der Waals surface area (Å²) in [6.07, 6.45) is 15.1. The van der Waals surface area contributed by atoms with Crippen molar-refractivity contribution in [1.29, 1.82) is 0 Å². The Morgan fingerprint density at radius 1 is 0.947 bits per heavy atom. The molecule has 2 N–H and O–H groups in total. The maximum absolute atomic E-state index is 6.16. The zero-order valence-electron chi connectivity index (χ0n) is 12.6. The molecule has 0 radical (unpaired) electrons. The molecule has 0 aliphatic heterocycles. The summed E-state index contributed by atoms with van der Waals surface area (Å²) in [5, 5.41) is 4.30. The molecule has 1 aromatic rings. The topological polar surface area (TPSA) is 26.0 Å². The molecule has 0 aliphatic rings. The lowest BCUT2D eigenvalue weighted by molar-refractivity contribution is 0.529. The average Bonchev–Trinajstić information content (AvgIpc) is 2.95. The summed E-state index contributed by atoms with van der Waals surface area (Å²) in [6.45, 7) is 2.28. The SMILES string of the molecule is CCCCCCCCCCCCC(N)c1ccsc1. The zero-order valence-corrected chi connectivity index (χ0v) is 13.4. The van der Waals surface area contributed by atoms with E-state index in [-0.39, 0.29) is 6.04 Å². The largest absolute Gasteiger partial charge is 0.324 e. The minimum atomic E-state index is 0.264. The molecule has 0 amide bonds. The minimum absolute atomic E-state index is 0.264. The summed E-state index contributed by atoms with van der Waals surface area (Å²) in [7, 11) is 0. The van der Waals surface area contributed by atoms with Gasteiger partial charge in [0.15, 0.2) is 0 Å². The van der Waals surface area contributed by atoms with Gasteiger partial charge in [0.1, 0.15) is 0 Å². The van der Waals surface area contributed by atoms with Gasteiger partial charge in [-0.2, -0.15) is 11.3 Å². The highest BCUT2D eigenvalue weighted by Gasteiger charge is 2.05. The van der Waals surface area contributed by atoms with Crippen molar-refractivity contribution in [2.75, 3.05) is 0 Å². The molecule has 0 saturated carbocycles. The van der Waals surface area contributed by atoms with E-state index in [1.54, 1.807) is 11.3 Å². The van der Waals surface area contributed by atoms with Crippen LogP contribution in [0.25, 0.3) is 0 Å². The smallest absolute Gasteiger partial charge is 0.0303 e. The molecule has 1 unspecified atom stereocenters. The Morgan fingerprint density at radius 2 is 1.53 bits per heavy atom. The fourth-order valence-electron chi connectivity index (χ4n) is 2.50. The van der Waals surface area contributed by atoms with E-state index >= 15 is 0 Å². The van der Waals surface area contributed by atoms with Crippen molar-refractivity contribution in [3.8, 4) is 0 Å². The molecule has 0 aromatic carbocycles. The first-order valence-corrected chi connectivity index (χ1v) is 9.06. The molecule has 0 saturated heterocycles. The maximum Gasteiger partial charge on any atom is 0.0303 e. The quantitative estimate of drug-likeness (QED) is 0.463. The Kier molecular flexibility index (Phi) is 10.1. The third-order valence-electron chi connectivity index (χ3n) is 3.84. The zero-order chi connectivity index (χ0) is 13.8. The van der Waals surface area contributed by atoms with Gasteiger partial charge in [-0.15, -0.1) is 0 Å². The van der Waals surface area contributed by atoms with Crippen LogP contribution < -0.4 is 5.73 Å². The number of unbranched alkanes of at least 4 members (excludes halogenated alkanes) is 9. The molecule has 0 aliphatic carbocycles. The van der Waals surface area contributed by atoms with Crippen LogP contribution in [-0.4, -0.2) is 0 Å². The molecule has 1 aromatic heterocycles. The second kappa shape index (κ2) is 11.5. The second-order valence-corrected chi connectivity index (χ2v) is 6.41. The first-order valence-electron chi connectivity index (χ1n) is 8.12. The van der Waals surface area contributed by atoms with Crippen LogP contribution in [-0.2, 0) is 0 Å². The van der Waals surface area contributed by atoms with Gasteiger partial charge in [0.2, 0.25) is 0 Å². The summed E-state index contributed by atoms with van der Waals surface area (Å²) >= 11 is 1.75. The van der Waals surface area contributed by atoms with Gasteiger partial charge >= 0.3 is 0 Å². The molecule has 1 atom stereocenters. The van der Waals surface area contributed by atoms with E-state index in [0.29, 0.717) is 0 Å². The van der Waals surface area contributed by atoms with Crippen molar-refractivity contribution >= 4 is 11.3 Å². The number of thiophene rings is 1. The van der Waals surface area contributed by atoms with E-state index in [0.717, 1.165) is 6.42 Å².